The predicted molar refractivity (Wildman–Crippen MR) is 61.2 cm³/mol. The van der Waals surface area contributed by atoms with E-state index in [4.69, 9.17) is 0 Å². The molecular formula is C11H16N4. The quantitative estimate of drug-likeness (QED) is 0.834. The van der Waals surface area contributed by atoms with Crippen molar-refractivity contribution in [2.45, 2.75) is 26.7 Å². The van der Waals surface area contributed by atoms with Crippen LogP contribution in [-0.4, -0.2) is 21.1 Å². The Hall–Kier alpha value is -1.58. The van der Waals surface area contributed by atoms with Crippen molar-refractivity contribution in [3.63, 3.8) is 0 Å². The van der Waals surface area contributed by atoms with Crippen LogP contribution in [0.1, 0.15) is 32.3 Å². The topological polar surface area (TPSA) is 42.2 Å². The molecule has 80 valence electrons. The van der Waals surface area contributed by atoms with Gasteiger partial charge in [0.15, 0.2) is 5.82 Å². The molecule has 0 aliphatic rings. The van der Waals surface area contributed by atoms with Gasteiger partial charge in [0.2, 0.25) is 0 Å². The van der Waals surface area contributed by atoms with Crippen LogP contribution >= 0.6 is 0 Å². The van der Waals surface area contributed by atoms with Crippen LogP contribution < -0.4 is 5.32 Å². The highest BCUT2D eigenvalue weighted by atomic mass is 15.2. The normalized spacial score (nSPS) is 11.2. The molecule has 0 spiro atoms. The molecule has 0 aliphatic carbocycles. The number of anilines is 1. The number of hydrogen-bond acceptors (Lipinski definition) is 3. The average Bonchev–Trinajstić information content (AvgIpc) is 2.63. The maximum absolute atomic E-state index is 4.23. The summed E-state index contributed by atoms with van der Waals surface area (Å²) >= 11 is 0. The lowest BCUT2D eigenvalue weighted by Crippen LogP contribution is -2.02. The highest BCUT2D eigenvalue weighted by Crippen LogP contribution is 2.21. The van der Waals surface area contributed by atoms with Crippen molar-refractivity contribution < 1.29 is 0 Å². The number of fused-ring (bicyclic) bond motifs is 1. The van der Waals surface area contributed by atoms with E-state index in [2.05, 4.69) is 48.4 Å². The second-order valence-corrected chi connectivity index (χ2v) is 3.90. The zero-order valence-corrected chi connectivity index (χ0v) is 9.36. The van der Waals surface area contributed by atoms with Gasteiger partial charge in [-0.15, -0.1) is 0 Å². The Balaban J connectivity index is 2.54. The minimum Gasteiger partial charge on any atom is -0.369 e. The number of nitrogens with zero attached hydrogens (tertiary/aromatic N) is 3. The molecule has 2 aromatic rings. The molecule has 4 nitrogen and oxygen atoms in total. The van der Waals surface area contributed by atoms with E-state index in [-0.39, 0.29) is 0 Å². The summed E-state index contributed by atoms with van der Waals surface area (Å²) < 4.78 is 1.88. The summed E-state index contributed by atoms with van der Waals surface area (Å²) in [5.41, 5.74) is 2.33. The maximum Gasteiger partial charge on any atom is 0.153 e. The van der Waals surface area contributed by atoms with E-state index in [9.17, 15) is 0 Å². The summed E-state index contributed by atoms with van der Waals surface area (Å²) in [6.07, 6.45) is 3.64. The van der Waals surface area contributed by atoms with E-state index in [1.54, 1.807) is 6.33 Å². The van der Waals surface area contributed by atoms with Crippen LogP contribution in [0.4, 0.5) is 5.82 Å². The molecule has 15 heavy (non-hydrogen) atoms. The van der Waals surface area contributed by atoms with Crippen LogP contribution in [0.15, 0.2) is 18.6 Å². The van der Waals surface area contributed by atoms with E-state index >= 15 is 0 Å². The largest absolute Gasteiger partial charge is 0.369 e. The lowest BCUT2D eigenvalue weighted by molar-refractivity contribution is 0.846. The first kappa shape index (κ1) is 9.96. The lowest BCUT2D eigenvalue weighted by atomic mass is 10.1. The fourth-order valence-electron chi connectivity index (χ4n) is 1.57. The van der Waals surface area contributed by atoms with Gasteiger partial charge in [-0.05, 0) is 24.5 Å². The molecule has 0 aromatic carbocycles. The van der Waals surface area contributed by atoms with E-state index in [1.807, 2.05) is 4.52 Å². The molecule has 1 N–H and O–H groups in total. The minimum atomic E-state index is 0.515. The van der Waals surface area contributed by atoms with E-state index in [1.165, 1.54) is 5.56 Å². The first-order chi connectivity index (χ1) is 7.22. The molecule has 2 rings (SSSR count). The van der Waals surface area contributed by atoms with Gasteiger partial charge >= 0.3 is 0 Å². The second-order valence-electron chi connectivity index (χ2n) is 3.90. The number of nitrogens with one attached hydrogen (secondary N) is 1. The van der Waals surface area contributed by atoms with Crippen LogP contribution in [0.2, 0.25) is 0 Å². The second kappa shape index (κ2) is 3.88. The molecule has 0 unspecified atom stereocenters. The smallest absolute Gasteiger partial charge is 0.153 e. The van der Waals surface area contributed by atoms with Crippen molar-refractivity contribution in [3.8, 4) is 0 Å². The maximum atomic E-state index is 4.23. The Bertz CT molecular complexity index is 459. The summed E-state index contributed by atoms with van der Waals surface area (Å²) in [5.74, 6) is 1.42. The molecular weight excluding hydrogens is 188 g/mol. The third kappa shape index (κ3) is 1.79. The van der Waals surface area contributed by atoms with Gasteiger partial charge in [-0.2, -0.15) is 5.10 Å². The lowest BCUT2D eigenvalue weighted by Gasteiger charge is -2.02. The van der Waals surface area contributed by atoms with Gasteiger partial charge in [0.05, 0.1) is 0 Å². The summed E-state index contributed by atoms with van der Waals surface area (Å²) in [6.45, 7) is 7.28. The summed E-state index contributed by atoms with van der Waals surface area (Å²) in [5, 5.41) is 7.42. The monoisotopic (exact) mass is 204 g/mol. The molecule has 0 radical (unpaired) electrons. The highest BCUT2D eigenvalue weighted by molar-refractivity contribution is 5.68. The zero-order valence-electron chi connectivity index (χ0n) is 9.36. The molecule has 0 atom stereocenters. The standard InChI is InChI=1S/C11H16N4/c1-4-12-11-10-5-9(8(2)3)6-15(10)14-7-13-11/h5-8H,4H2,1-3H3,(H,12,13,14). The average molecular weight is 204 g/mol. The molecule has 0 amide bonds. The van der Waals surface area contributed by atoms with Crippen molar-refractivity contribution in [1.29, 1.82) is 0 Å². The van der Waals surface area contributed by atoms with E-state index < -0.39 is 0 Å². The summed E-state index contributed by atoms with van der Waals surface area (Å²) in [6, 6.07) is 2.14. The molecule has 2 heterocycles. The molecule has 0 bridgehead atoms. The molecule has 0 fully saturated rings. The molecule has 4 heteroatoms. The fourth-order valence-corrected chi connectivity index (χ4v) is 1.57. The summed E-state index contributed by atoms with van der Waals surface area (Å²) in [4.78, 5) is 4.23. The summed E-state index contributed by atoms with van der Waals surface area (Å²) in [7, 11) is 0. The molecule has 2 aromatic heterocycles. The van der Waals surface area contributed by atoms with Crippen LogP contribution in [0.3, 0.4) is 0 Å². The highest BCUT2D eigenvalue weighted by Gasteiger charge is 2.07. The van der Waals surface area contributed by atoms with Crippen molar-refractivity contribution >= 4 is 11.3 Å². The van der Waals surface area contributed by atoms with Crippen LogP contribution in [-0.2, 0) is 0 Å². The Morgan fingerprint density at radius 3 is 2.93 bits per heavy atom. The van der Waals surface area contributed by atoms with Crippen LogP contribution in [0.5, 0.6) is 0 Å². The molecule has 0 saturated carbocycles. The van der Waals surface area contributed by atoms with Crippen LogP contribution in [0, 0.1) is 0 Å². The molecule has 0 saturated heterocycles. The Morgan fingerprint density at radius 1 is 1.47 bits per heavy atom. The van der Waals surface area contributed by atoms with Gasteiger partial charge in [-0.1, -0.05) is 13.8 Å². The molecule has 0 aliphatic heterocycles. The number of hydrogen-bond donors (Lipinski definition) is 1. The number of rotatable bonds is 3. The first-order valence-corrected chi connectivity index (χ1v) is 5.29. The van der Waals surface area contributed by atoms with Gasteiger partial charge in [-0.3, -0.25) is 0 Å². The Kier molecular flexibility index (Phi) is 2.58. The van der Waals surface area contributed by atoms with Crippen molar-refractivity contribution in [2.75, 3.05) is 11.9 Å². The van der Waals surface area contributed by atoms with Crippen molar-refractivity contribution in [3.05, 3.63) is 24.2 Å². The predicted octanol–water partition coefficient (Wildman–Crippen LogP) is 2.28. The van der Waals surface area contributed by atoms with Crippen molar-refractivity contribution in [2.24, 2.45) is 0 Å². The van der Waals surface area contributed by atoms with Gasteiger partial charge in [0, 0.05) is 12.7 Å². The Morgan fingerprint density at radius 2 is 2.27 bits per heavy atom. The van der Waals surface area contributed by atoms with Crippen molar-refractivity contribution in [1.82, 2.24) is 14.6 Å². The first-order valence-electron chi connectivity index (χ1n) is 5.29. The zero-order chi connectivity index (χ0) is 10.8. The van der Waals surface area contributed by atoms with Gasteiger partial charge < -0.3 is 5.32 Å². The van der Waals surface area contributed by atoms with Gasteiger partial charge in [0.25, 0.3) is 0 Å². The fraction of sp³-hybridized carbons (Fsp3) is 0.455. The third-order valence-electron chi connectivity index (χ3n) is 2.44. The SMILES string of the molecule is CCNc1ncnn2cc(C(C)C)cc12. The number of aromatic nitrogens is 3. The van der Waals surface area contributed by atoms with Gasteiger partial charge in [-0.25, -0.2) is 9.50 Å². The van der Waals surface area contributed by atoms with E-state index in [0.717, 1.165) is 17.9 Å². The minimum absolute atomic E-state index is 0.515. The van der Waals surface area contributed by atoms with E-state index in [0.29, 0.717) is 5.92 Å². The van der Waals surface area contributed by atoms with Gasteiger partial charge in [0.1, 0.15) is 11.8 Å². The third-order valence-corrected chi connectivity index (χ3v) is 2.44. The Labute approximate surface area is 89.3 Å². The van der Waals surface area contributed by atoms with Crippen LogP contribution in [0.25, 0.3) is 5.52 Å².